The van der Waals surface area contributed by atoms with E-state index in [0.29, 0.717) is 18.3 Å². The van der Waals surface area contributed by atoms with Crippen molar-refractivity contribution in [3.63, 3.8) is 0 Å². The van der Waals surface area contributed by atoms with Crippen LogP contribution in [0.15, 0.2) is 50.2 Å². The minimum absolute atomic E-state index is 0.0475. The zero-order valence-corrected chi connectivity index (χ0v) is 19.8. The zero-order chi connectivity index (χ0) is 23.7. The molecule has 0 aliphatic carbocycles. The molecule has 1 N–H and O–H groups in total. The third-order valence-electron chi connectivity index (χ3n) is 5.76. The molecule has 0 spiro atoms. The number of carboxylic acids is 1. The number of ether oxygens (including phenoxy) is 2. The summed E-state index contributed by atoms with van der Waals surface area (Å²) < 4.78 is 12.2. The number of hydrogen-bond acceptors (Lipinski definition) is 7. The Hall–Kier alpha value is -3.24. The second-order valence-corrected chi connectivity index (χ2v) is 10.1. The summed E-state index contributed by atoms with van der Waals surface area (Å²) in [5, 5.41) is 19.0. The van der Waals surface area contributed by atoms with Gasteiger partial charge in [0.25, 0.3) is 0 Å². The van der Waals surface area contributed by atoms with E-state index in [2.05, 4.69) is 24.0 Å². The first-order valence-electron chi connectivity index (χ1n) is 10.5. The predicted octanol–water partition coefficient (Wildman–Crippen LogP) is 3.53. The summed E-state index contributed by atoms with van der Waals surface area (Å²) >= 11 is 0. The molecule has 33 heavy (non-hydrogen) atoms. The Morgan fingerprint density at radius 1 is 1.12 bits per heavy atom. The highest BCUT2D eigenvalue weighted by Crippen LogP contribution is 2.61. The number of fused-ring (bicyclic) bond motifs is 2. The van der Waals surface area contributed by atoms with Crippen LogP contribution in [0, 0.1) is 6.92 Å². The molecule has 2 aliphatic rings. The average molecular weight is 471 g/mol. The van der Waals surface area contributed by atoms with Crippen molar-refractivity contribution in [2.75, 3.05) is 20.3 Å². The summed E-state index contributed by atoms with van der Waals surface area (Å²) in [6, 6.07) is 6.48. The molecular weight excluding hydrogens is 444 g/mol. The van der Waals surface area contributed by atoms with E-state index >= 15 is 0 Å². The Morgan fingerprint density at radius 3 is 2.52 bits per heavy atom. The van der Waals surface area contributed by atoms with Crippen LogP contribution in [0.4, 0.5) is 0 Å². The molecule has 0 amide bonds. The molecule has 0 radical (unpaired) electrons. The number of benzene rings is 1. The Labute approximate surface area is 194 Å². The van der Waals surface area contributed by atoms with E-state index in [-0.39, 0.29) is 24.6 Å². The minimum Gasteiger partial charge on any atom is -0.478 e. The second kappa shape index (κ2) is 9.32. The molecule has 0 bridgehead atoms. The number of thiol groups is 1. The van der Waals surface area contributed by atoms with E-state index in [1.807, 2.05) is 29.8 Å². The van der Waals surface area contributed by atoms with Gasteiger partial charge in [0.15, 0.2) is 5.82 Å². The van der Waals surface area contributed by atoms with Gasteiger partial charge in [0, 0.05) is 18.9 Å². The van der Waals surface area contributed by atoms with Gasteiger partial charge in [-0.1, -0.05) is 0 Å². The molecule has 0 saturated heterocycles. The Kier molecular flexibility index (Phi) is 6.48. The number of aliphatic imine (C=N–C) groups is 1. The van der Waals surface area contributed by atoms with Crippen molar-refractivity contribution in [3.05, 3.63) is 57.5 Å². The lowest BCUT2D eigenvalue weighted by Gasteiger charge is -2.25. The van der Waals surface area contributed by atoms with Gasteiger partial charge in [0.1, 0.15) is 18.5 Å². The number of carbonyl (C=O) groups excluding carboxylic acids is 1. The van der Waals surface area contributed by atoms with Gasteiger partial charge in [-0.05, 0) is 60.4 Å². The van der Waals surface area contributed by atoms with Gasteiger partial charge >= 0.3 is 11.9 Å². The van der Waals surface area contributed by atoms with Crippen LogP contribution in [0.25, 0.3) is 5.03 Å². The van der Waals surface area contributed by atoms with Crippen molar-refractivity contribution in [1.29, 1.82) is 0 Å². The average Bonchev–Trinajstić information content (AvgIpc) is 3.22. The van der Waals surface area contributed by atoms with Crippen LogP contribution in [-0.2, 0) is 14.3 Å². The van der Waals surface area contributed by atoms with Gasteiger partial charge in [0.2, 0.25) is 0 Å². The number of methoxy groups -OCH3 is 1. The summed E-state index contributed by atoms with van der Waals surface area (Å²) in [6.45, 7) is 6.55. The van der Waals surface area contributed by atoms with Gasteiger partial charge in [0.05, 0.1) is 23.6 Å². The van der Waals surface area contributed by atoms with Gasteiger partial charge in [-0.3, -0.25) is 14.4 Å². The number of esters is 1. The van der Waals surface area contributed by atoms with E-state index in [1.165, 1.54) is 4.91 Å². The maximum absolute atomic E-state index is 12.4. The van der Waals surface area contributed by atoms with E-state index < -0.39 is 22.9 Å². The maximum Gasteiger partial charge on any atom is 0.335 e. The number of aromatic nitrogens is 3. The zero-order valence-electron chi connectivity index (χ0n) is 18.9. The van der Waals surface area contributed by atoms with Gasteiger partial charge in [-0.2, -0.15) is 10.9 Å². The molecule has 174 valence electrons. The Bertz CT molecular complexity index is 1200. The fourth-order valence-electron chi connectivity index (χ4n) is 3.94. The summed E-state index contributed by atoms with van der Waals surface area (Å²) in [5.41, 5.74) is 2.35. The summed E-state index contributed by atoms with van der Waals surface area (Å²) in [5.74, 6) is -0.0335. The van der Waals surface area contributed by atoms with Crippen LogP contribution in [0.3, 0.4) is 0 Å². The van der Waals surface area contributed by atoms with Gasteiger partial charge in [-0.25, -0.2) is 4.79 Å². The smallest absolute Gasteiger partial charge is 0.335 e. The number of aromatic carboxylic acids is 1. The maximum atomic E-state index is 12.4. The van der Waals surface area contributed by atoms with Crippen molar-refractivity contribution in [1.82, 2.24) is 14.8 Å². The molecule has 2 atom stereocenters. The molecule has 10 heteroatoms. The summed E-state index contributed by atoms with van der Waals surface area (Å²) in [6.07, 6.45) is 1.87. The van der Waals surface area contributed by atoms with Crippen molar-refractivity contribution >= 4 is 34.1 Å². The highest BCUT2D eigenvalue weighted by Gasteiger charge is 2.35. The number of carbonyl (C=O) groups is 2. The molecule has 2 aliphatic heterocycles. The topological polar surface area (TPSA) is 116 Å². The van der Waals surface area contributed by atoms with Crippen LogP contribution in [0.5, 0.6) is 0 Å². The van der Waals surface area contributed by atoms with E-state index in [9.17, 15) is 14.7 Å². The van der Waals surface area contributed by atoms with Crippen molar-refractivity contribution in [2.24, 2.45) is 4.99 Å². The molecular formula is C23H26N4O5S. The van der Waals surface area contributed by atoms with Crippen LogP contribution in [-0.4, -0.2) is 58.3 Å². The lowest BCUT2D eigenvalue weighted by molar-refractivity contribution is -0.145. The number of allylic oxidation sites excluding steroid dienone is 3. The normalized spacial score (nSPS) is 20.5. The summed E-state index contributed by atoms with van der Waals surface area (Å²) in [4.78, 5) is 30.6. The number of carboxylic acid groups (broad SMARTS) is 1. The molecule has 3 heterocycles. The first kappa shape index (κ1) is 22.9. The fraction of sp³-hybridized carbons (Fsp3) is 0.348. The summed E-state index contributed by atoms with van der Waals surface area (Å²) in [7, 11) is 0.599. The lowest BCUT2D eigenvalue weighted by atomic mass is 10.1. The number of rotatable bonds is 7. The number of hydrogen-bond donors (Lipinski definition) is 2. The first-order valence-corrected chi connectivity index (χ1v) is 11.8. The standard InChI is InChI=1S/C23H26N4O5S/c1-13-14(2)33(17-7-5-16(6-8-17)23(29)30)22-18(13)12-24-19(11-20(28)32-10-9-31-4)21-26-25-15(3)27(21)22/h5-8,12,19,33H,9-11H2,1-4H3,(H,29,30)/t19-/m0/s1. The van der Waals surface area contributed by atoms with Crippen LogP contribution in [0.1, 0.15) is 48.3 Å². The van der Waals surface area contributed by atoms with Crippen molar-refractivity contribution in [3.8, 4) is 0 Å². The molecule has 1 aromatic heterocycles. The van der Waals surface area contributed by atoms with Crippen LogP contribution >= 0.6 is 10.9 Å². The number of nitrogens with zero attached hydrogens (tertiary/aromatic N) is 4. The quantitative estimate of drug-likeness (QED) is 0.361. The van der Waals surface area contributed by atoms with E-state index in [4.69, 9.17) is 14.5 Å². The number of aryl methyl sites for hydroxylation is 1. The van der Waals surface area contributed by atoms with Gasteiger partial charge in [-0.15, -0.1) is 10.2 Å². The molecule has 9 nitrogen and oxygen atoms in total. The molecule has 0 saturated carbocycles. The van der Waals surface area contributed by atoms with Crippen molar-refractivity contribution < 1.29 is 24.2 Å². The fourth-order valence-corrected chi connectivity index (χ4v) is 6.71. The Balaban J connectivity index is 1.73. The molecule has 4 rings (SSSR count). The highest BCUT2D eigenvalue weighted by atomic mass is 32.2. The molecule has 1 aromatic carbocycles. The molecule has 0 fully saturated rings. The SMILES string of the molecule is COCCOC(=O)C[C@@H]1N=CC2=C(n3c(C)nnc31)[SH](c1ccc(C(=O)O)cc1)C(C)=C2C. The molecule has 1 unspecified atom stereocenters. The first-order chi connectivity index (χ1) is 15.8. The predicted molar refractivity (Wildman–Crippen MR) is 126 cm³/mol. The lowest BCUT2D eigenvalue weighted by Crippen LogP contribution is -2.15. The van der Waals surface area contributed by atoms with E-state index in [0.717, 1.165) is 21.1 Å². The molecule has 2 aromatic rings. The largest absolute Gasteiger partial charge is 0.478 e. The monoisotopic (exact) mass is 470 g/mol. The third kappa shape index (κ3) is 4.23. The minimum atomic E-state index is -0.956. The van der Waals surface area contributed by atoms with Crippen molar-refractivity contribution in [2.45, 2.75) is 38.1 Å². The highest BCUT2D eigenvalue weighted by molar-refractivity contribution is 8.28. The third-order valence-corrected chi connectivity index (χ3v) is 8.45. The van der Waals surface area contributed by atoms with E-state index in [1.54, 1.807) is 19.2 Å². The van der Waals surface area contributed by atoms with Crippen LogP contribution < -0.4 is 0 Å². The van der Waals surface area contributed by atoms with Gasteiger partial charge < -0.3 is 14.6 Å². The van der Waals surface area contributed by atoms with Crippen LogP contribution in [0.2, 0.25) is 0 Å². The Morgan fingerprint density at radius 2 is 1.85 bits per heavy atom. The second-order valence-electron chi connectivity index (χ2n) is 7.79.